The van der Waals surface area contributed by atoms with Crippen LogP contribution in [0.2, 0.25) is 0 Å². The van der Waals surface area contributed by atoms with E-state index in [0.717, 1.165) is 39.1 Å². The molecule has 1 fully saturated rings. The van der Waals surface area contributed by atoms with Crippen LogP contribution in [0.25, 0.3) is 0 Å². The second-order valence-electron chi connectivity index (χ2n) is 6.31. The molecule has 1 unspecified atom stereocenters. The summed E-state index contributed by atoms with van der Waals surface area (Å²) in [5.74, 6) is 0.219. The maximum Gasteiger partial charge on any atom is 0.270 e. The predicted molar refractivity (Wildman–Crippen MR) is 95.7 cm³/mol. The van der Waals surface area contributed by atoms with E-state index < -0.39 is 4.92 Å². The molecule has 0 radical (unpaired) electrons. The minimum absolute atomic E-state index is 0.0719. The van der Waals surface area contributed by atoms with Crippen molar-refractivity contribution in [2.45, 2.75) is 32.7 Å². The summed E-state index contributed by atoms with van der Waals surface area (Å²) < 4.78 is 5.43. The number of carbonyl (C=O) groups is 1. The number of benzene rings is 1. The Morgan fingerprint density at radius 2 is 2.00 bits per heavy atom. The van der Waals surface area contributed by atoms with Gasteiger partial charge in [0.1, 0.15) is 0 Å². The van der Waals surface area contributed by atoms with Crippen molar-refractivity contribution < 1.29 is 14.5 Å². The molecule has 138 valence electrons. The van der Waals surface area contributed by atoms with Gasteiger partial charge in [0.25, 0.3) is 11.6 Å². The number of nitrogens with zero attached hydrogens (tertiary/aromatic N) is 2. The van der Waals surface area contributed by atoms with Gasteiger partial charge in [-0.3, -0.25) is 19.8 Å². The first-order valence-electron chi connectivity index (χ1n) is 8.91. The summed E-state index contributed by atoms with van der Waals surface area (Å²) >= 11 is 0. The van der Waals surface area contributed by atoms with Gasteiger partial charge in [-0.1, -0.05) is 32.8 Å². The van der Waals surface area contributed by atoms with E-state index in [0.29, 0.717) is 18.0 Å². The number of carbonyl (C=O) groups excluding carboxylic acids is 1. The summed E-state index contributed by atoms with van der Waals surface area (Å²) in [5.41, 5.74) is 0.247. The first-order valence-corrected chi connectivity index (χ1v) is 8.91. The number of nitro benzene ring substituents is 1. The fraction of sp³-hybridized carbons (Fsp3) is 0.611. The largest absolute Gasteiger partial charge is 0.379 e. The molecule has 1 aromatic rings. The van der Waals surface area contributed by atoms with Gasteiger partial charge < -0.3 is 10.1 Å². The molecule has 1 N–H and O–H groups in total. The van der Waals surface area contributed by atoms with Gasteiger partial charge in [-0.15, -0.1) is 0 Å². The van der Waals surface area contributed by atoms with Crippen molar-refractivity contribution in [1.29, 1.82) is 0 Å². The highest BCUT2D eigenvalue weighted by Crippen LogP contribution is 2.20. The number of hydrogen-bond donors (Lipinski definition) is 1. The van der Waals surface area contributed by atoms with Crippen LogP contribution in [0.3, 0.4) is 0 Å². The summed E-state index contributed by atoms with van der Waals surface area (Å²) in [6, 6.07) is 6.09. The summed E-state index contributed by atoms with van der Waals surface area (Å²) in [7, 11) is 0. The van der Waals surface area contributed by atoms with Gasteiger partial charge in [-0.2, -0.15) is 0 Å². The summed E-state index contributed by atoms with van der Waals surface area (Å²) in [6.07, 6.45) is 2.09. The number of morpholine rings is 1. The molecule has 0 saturated carbocycles. The summed E-state index contributed by atoms with van der Waals surface area (Å²) in [5, 5.41) is 13.8. The zero-order chi connectivity index (χ0) is 18.2. The van der Waals surface area contributed by atoms with E-state index in [9.17, 15) is 14.9 Å². The van der Waals surface area contributed by atoms with E-state index in [1.807, 2.05) is 0 Å². The van der Waals surface area contributed by atoms with Gasteiger partial charge in [-0.25, -0.2) is 0 Å². The number of nitro groups is 1. The van der Waals surface area contributed by atoms with E-state index in [4.69, 9.17) is 4.74 Å². The molecule has 0 aliphatic carbocycles. The maximum absolute atomic E-state index is 12.4. The molecule has 1 atom stereocenters. The lowest BCUT2D eigenvalue weighted by Gasteiger charge is -2.38. The zero-order valence-electron chi connectivity index (χ0n) is 14.9. The highest BCUT2D eigenvalue weighted by atomic mass is 16.6. The van der Waals surface area contributed by atoms with Crippen LogP contribution < -0.4 is 5.32 Å². The third kappa shape index (κ3) is 5.24. The highest BCUT2D eigenvalue weighted by Gasteiger charge is 2.27. The van der Waals surface area contributed by atoms with Crippen LogP contribution in [-0.4, -0.2) is 54.6 Å². The second-order valence-corrected chi connectivity index (χ2v) is 6.31. The molecule has 7 heteroatoms. The minimum Gasteiger partial charge on any atom is -0.379 e. The van der Waals surface area contributed by atoms with E-state index in [-0.39, 0.29) is 17.6 Å². The molecule has 1 aliphatic rings. The fourth-order valence-corrected chi connectivity index (χ4v) is 3.40. The molecule has 0 bridgehead atoms. The summed E-state index contributed by atoms with van der Waals surface area (Å²) in [6.45, 7) is 8.05. The topological polar surface area (TPSA) is 84.7 Å². The Bertz CT molecular complexity index is 583. The number of nitrogens with one attached hydrogen (secondary N) is 1. The lowest BCUT2D eigenvalue weighted by Crippen LogP contribution is -2.52. The van der Waals surface area contributed by atoms with E-state index in [2.05, 4.69) is 24.1 Å². The average Bonchev–Trinajstić information content (AvgIpc) is 2.65. The van der Waals surface area contributed by atoms with Crippen molar-refractivity contribution in [2.24, 2.45) is 5.92 Å². The Hall–Kier alpha value is -1.99. The monoisotopic (exact) mass is 349 g/mol. The van der Waals surface area contributed by atoms with Crippen molar-refractivity contribution in [3.8, 4) is 0 Å². The molecule has 7 nitrogen and oxygen atoms in total. The van der Waals surface area contributed by atoms with E-state index in [1.54, 1.807) is 6.07 Å². The van der Waals surface area contributed by atoms with Crippen molar-refractivity contribution in [3.63, 3.8) is 0 Å². The molecule has 2 rings (SSSR count). The van der Waals surface area contributed by atoms with Crippen molar-refractivity contribution in [1.82, 2.24) is 10.2 Å². The Balaban J connectivity index is 2.04. The van der Waals surface area contributed by atoms with Crippen LogP contribution in [0, 0.1) is 16.0 Å². The molecular weight excluding hydrogens is 322 g/mol. The predicted octanol–water partition coefficient (Wildman–Crippen LogP) is 2.46. The molecule has 1 amide bonds. The standard InChI is InChI=1S/C18H27N3O4/c1-3-14(4-2)17(20-8-10-25-11-9-20)13-19-18(22)15-6-5-7-16(12-15)21(23)24/h5-7,12,14,17H,3-4,8-11,13H2,1-2H3,(H,19,22). The molecule has 1 saturated heterocycles. The molecule has 1 aliphatic heterocycles. The van der Waals surface area contributed by atoms with Gasteiger partial charge in [0.05, 0.1) is 18.1 Å². The number of ether oxygens (including phenoxy) is 1. The van der Waals surface area contributed by atoms with Gasteiger partial charge in [0.15, 0.2) is 0 Å². The van der Waals surface area contributed by atoms with Crippen LogP contribution in [0.5, 0.6) is 0 Å². The Kier molecular flexibility index (Phi) is 7.33. The van der Waals surface area contributed by atoms with Gasteiger partial charge in [0, 0.05) is 43.4 Å². The summed E-state index contributed by atoms with van der Waals surface area (Å²) in [4.78, 5) is 25.2. The van der Waals surface area contributed by atoms with Gasteiger partial charge in [-0.05, 0) is 12.0 Å². The first kappa shape index (κ1) is 19.3. The van der Waals surface area contributed by atoms with Crippen molar-refractivity contribution in [3.05, 3.63) is 39.9 Å². The molecule has 25 heavy (non-hydrogen) atoms. The van der Waals surface area contributed by atoms with Crippen molar-refractivity contribution >= 4 is 11.6 Å². The van der Waals surface area contributed by atoms with Crippen LogP contribution in [0.1, 0.15) is 37.0 Å². The molecule has 1 aromatic carbocycles. The third-order valence-corrected chi connectivity index (χ3v) is 4.90. The third-order valence-electron chi connectivity index (χ3n) is 4.90. The number of non-ortho nitro benzene ring substituents is 1. The molecule has 1 heterocycles. The minimum atomic E-state index is -0.489. The number of amides is 1. The smallest absolute Gasteiger partial charge is 0.270 e. The maximum atomic E-state index is 12.4. The van der Waals surface area contributed by atoms with E-state index in [1.165, 1.54) is 18.2 Å². The Morgan fingerprint density at radius 1 is 1.32 bits per heavy atom. The average molecular weight is 349 g/mol. The first-order chi connectivity index (χ1) is 12.1. The van der Waals surface area contributed by atoms with Crippen molar-refractivity contribution in [2.75, 3.05) is 32.8 Å². The number of rotatable bonds is 8. The van der Waals surface area contributed by atoms with Crippen LogP contribution in [-0.2, 0) is 4.74 Å². The zero-order valence-corrected chi connectivity index (χ0v) is 14.9. The van der Waals surface area contributed by atoms with Crippen LogP contribution in [0.4, 0.5) is 5.69 Å². The second kappa shape index (κ2) is 9.48. The van der Waals surface area contributed by atoms with Gasteiger partial charge in [0.2, 0.25) is 0 Å². The Morgan fingerprint density at radius 3 is 2.60 bits per heavy atom. The normalized spacial score (nSPS) is 16.6. The SMILES string of the molecule is CCC(CC)C(CNC(=O)c1cccc([N+](=O)[O-])c1)N1CCOCC1. The molecular formula is C18H27N3O4. The fourth-order valence-electron chi connectivity index (χ4n) is 3.40. The van der Waals surface area contributed by atoms with Gasteiger partial charge >= 0.3 is 0 Å². The quantitative estimate of drug-likeness (QED) is 0.576. The molecule has 0 aromatic heterocycles. The lowest BCUT2D eigenvalue weighted by molar-refractivity contribution is -0.384. The lowest BCUT2D eigenvalue weighted by atomic mass is 9.92. The van der Waals surface area contributed by atoms with Crippen LogP contribution >= 0.6 is 0 Å². The molecule has 0 spiro atoms. The Labute approximate surface area is 148 Å². The van der Waals surface area contributed by atoms with Crippen LogP contribution in [0.15, 0.2) is 24.3 Å². The van der Waals surface area contributed by atoms with E-state index >= 15 is 0 Å². The number of hydrogen-bond acceptors (Lipinski definition) is 5. The highest BCUT2D eigenvalue weighted by molar-refractivity contribution is 5.94.